The van der Waals surface area contributed by atoms with Crippen LogP contribution >= 0.6 is 11.3 Å². The summed E-state index contributed by atoms with van der Waals surface area (Å²) in [7, 11) is -2.69. The average Bonchev–Trinajstić information content (AvgIpc) is 2.97. The van der Waals surface area contributed by atoms with Crippen LogP contribution in [-0.4, -0.2) is 31.5 Å². The van der Waals surface area contributed by atoms with E-state index >= 15 is 0 Å². The molecule has 1 atom stereocenters. The number of nitrogens with one attached hydrogen (secondary N) is 1. The second kappa shape index (κ2) is 6.29. The highest BCUT2D eigenvalue weighted by molar-refractivity contribution is 7.91. The summed E-state index contributed by atoms with van der Waals surface area (Å²) in [6, 6.07) is 2.95. The summed E-state index contributed by atoms with van der Waals surface area (Å²) in [5.41, 5.74) is 1.84. The molecule has 7 nitrogen and oxygen atoms in total. The van der Waals surface area contributed by atoms with E-state index in [0.29, 0.717) is 0 Å². The molecule has 2 heterocycles. The van der Waals surface area contributed by atoms with Crippen molar-refractivity contribution in [1.82, 2.24) is 14.7 Å². The van der Waals surface area contributed by atoms with Crippen LogP contribution in [0.15, 0.2) is 34.2 Å². The summed E-state index contributed by atoms with van der Waals surface area (Å²) < 4.78 is 31.6. The molecule has 0 aliphatic rings. The third-order valence-corrected chi connectivity index (χ3v) is 5.61. The van der Waals surface area contributed by atoms with Crippen molar-refractivity contribution in [2.45, 2.75) is 17.2 Å². The molecule has 9 heteroatoms. The maximum Gasteiger partial charge on any atom is 0.358 e. The van der Waals surface area contributed by atoms with Gasteiger partial charge in [0.05, 0.1) is 12.6 Å². The summed E-state index contributed by atoms with van der Waals surface area (Å²) in [4.78, 5) is 19.1. The Bertz CT molecular complexity index is 728. The van der Waals surface area contributed by atoms with Crippen molar-refractivity contribution in [3.05, 3.63) is 41.3 Å². The fourth-order valence-corrected chi connectivity index (χ4v) is 4.05. The Hall–Kier alpha value is -1.84. The minimum atomic E-state index is -3.87. The molecule has 0 amide bonds. The van der Waals surface area contributed by atoms with Crippen LogP contribution in [0.2, 0.25) is 0 Å². The molecule has 2 aromatic rings. The first kappa shape index (κ1) is 15.5. The van der Waals surface area contributed by atoms with E-state index in [4.69, 9.17) is 0 Å². The molecule has 0 saturated heterocycles. The second-order valence-electron chi connectivity index (χ2n) is 4.10. The lowest BCUT2D eigenvalue weighted by Gasteiger charge is -2.13. The molecule has 0 spiro atoms. The second-order valence-corrected chi connectivity index (χ2v) is 6.87. The lowest BCUT2D eigenvalue weighted by atomic mass is 10.1. The molecule has 112 valence electrons. The van der Waals surface area contributed by atoms with Crippen LogP contribution in [0.4, 0.5) is 0 Å². The molecule has 2 aromatic heterocycles. The molecule has 21 heavy (non-hydrogen) atoms. The molecule has 0 unspecified atom stereocenters. The van der Waals surface area contributed by atoms with Crippen LogP contribution in [-0.2, 0) is 14.8 Å². The number of hydrogen-bond donors (Lipinski definition) is 1. The van der Waals surface area contributed by atoms with Crippen molar-refractivity contribution in [2.24, 2.45) is 0 Å². The fourth-order valence-electron chi connectivity index (χ4n) is 1.67. The van der Waals surface area contributed by atoms with E-state index in [1.165, 1.54) is 12.6 Å². The van der Waals surface area contributed by atoms with Crippen molar-refractivity contribution in [3.63, 3.8) is 0 Å². The number of carbonyl (C=O) groups excluding carboxylic acids is 1. The summed E-state index contributed by atoms with van der Waals surface area (Å²) in [6.07, 6.45) is 3.15. The van der Waals surface area contributed by atoms with Gasteiger partial charge in [-0.25, -0.2) is 22.9 Å². The molecule has 0 bridgehead atoms. The third-order valence-electron chi connectivity index (χ3n) is 2.70. The predicted molar refractivity (Wildman–Crippen MR) is 76.4 cm³/mol. The lowest BCUT2D eigenvalue weighted by Crippen LogP contribution is -2.27. The first-order valence-corrected chi connectivity index (χ1v) is 8.26. The number of rotatable bonds is 5. The summed E-state index contributed by atoms with van der Waals surface area (Å²) in [5, 5.41) is 0. The van der Waals surface area contributed by atoms with Gasteiger partial charge >= 0.3 is 5.97 Å². The summed E-state index contributed by atoms with van der Waals surface area (Å²) >= 11 is 0.863. The minimum absolute atomic E-state index is 0.157. The Balaban J connectivity index is 2.27. The van der Waals surface area contributed by atoms with Gasteiger partial charge in [-0.05, 0) is 24.6 Å². The number of ether oxygens (including phenoxy) is 1. The van der Waals surface area contributed by atoms with Crippen molar-refractivity contribution in [3.8, 4) is 0 Å². The Kier molecular flexibility index (Phi) is 4.66. The number of hydrogen-bond acceptors (Lipinski definition) is 7. The smallest absolute Gasteiger partial charge is 0.358 e. The zero-order valence-electron chi connectivity index (χ0n) is 11.3. The van der Waals surface area contributed by atoms with Crippen LogP contribution in [0.1, 0.15) is 29.0 Å². The largest absolute Gasteiger partial charge is 0.464 e. The van der Waals surface area contributed by atoms with Gasteiger partial charge in [-0.3, -0.25) is 4.98 Å². The first-order valence-electron chi connectivity index (χ1n) is 5.89. The zero-order valence-corrected chi connectivity index (χ0v) is 12.9. The van der Waals surface area contributed by atoms with Gasteiger partial charge in [0.1, 0.15) is 0 Å². The molecule has 0 fully saturated rings. The highest BCUT2D eigenvalue weighted by Crippen LogP contribution is 2.23. The molecule has 1 N–H and O–H groups in total. The van der Waals surface area contributed by atoms with Crippen molar-refractivity contribution >= 4 is 27.3 Å². The van der Waals surface area contributed by atoms with Gasteiger partial charge in [0.15, 0.2) is 9.90 Å². The van der Waals surface area contributed by atoms with Crippen LogP contribution in [0.3, 0.4) is 0 Å². The number of pyridine rings is 1. The first-order chi connectivity index (χ1) is 9.95. The monoisotopic (exact) mass is 327 g/mol. The molecular formula is C12H13N3O4S2. The topological polar surface area (TPSA) is 98.2 Å². The molecule has 0 aromatic carbocycles. The van der Waals surface area contributed by atoms with E-state index in [-0.39, 0.29) is 9.90 Å². The Morgan fingerprint density at radius 3 is 2.67 bits per heavy atom. The van der Waals surface area contributed by atoms with Crippen molar-refractivity contribution in [2.75, 3.05) is 7.11 Å². The van der Waals surface area contributed by atoms with E-state index < -0.39 is 22.0 Å². The third kappa shape index (κ3) is 3.43. The van der Waals surface area contributed by atoms with E-state index in [1.807, 2.05) is 0 Å². The molecule has 0 radical (unpaired) electrons. The maximum atomic E-state index is 12.4. The van der Waals surface area contributed by atoms with Gasteiger partial charge < -0.3 is 4.74 Å². The molecule has 2 rings (SSSR count). The van der Waals surface area contributed by atoms with E-state index in [0.717, 1.165) is 16.9 Å². The van der Waals surface area contributed by atoms with Gasteiger partial charge in [0, 0.05) is 18.4 Å². The molecule has 0 saturated carbocycles. The van der Waals surface area contributed by atoms with Crippen LogP contribution < -0.4 is 4.72 Å². The average molecular weight is 327 g/mol. The van der Waals surface area contributed by atoms with Crippen LogP contribution in [0.25, 0.3) is 0 Å². The van der Waals surface area contributed by atoms with E-state index in [9.17, 15) is 13.2 Å². The molecular weight excluding hydrogens is 314 g/mol. The van der Waals surface area contributed by atoms with Gasteiger partial charge in [0.25, 0.3) is 10.0 Å². The Morgan fingerprint density at radius 1 is 1.38 bits per heavy atom. The van der Waals surface area contributed by atoms with Gasteiger partial charge in [-0.2, -0.15) is 0 Å². The quantitative estimate of drug-likeness (QED) is 0.833. The molecule has 0 aliphatic heterocycles. The van der Waals surface area contributed by atoms with Gasteiger partial charge in [-0.1, -0.05) is 0 Å². The lowest BCUT2D eigenvalue weighted by molar-refractivity contribution is 0.0590. The number of aromatic nitrogens is 2. The maximum absolute atomic E-state index is 12.4. The summed E-state index contributed by atoms with van der Waals surface area (Å²) in [5.74, 6) is -0.784. The number of methoxy groups -OCH3 is 1. The summed E-state index contributed by atoms with van der Waals surface area (Å²) in [6.45, 7) is 1.70. The zero-order chi connectivity index (χ0) is 15.5. The Morgan fingerprint density at radius 2 is 2.05 bits per heavy atom. The Labute approximate surface area is 126 Å². The number of thiazole rings is 1. The van der Waals surface area contributed by atoms with E-state index in [1.54, 1.807) is 31.5 Å². The van der Waals surface area contributed by atoms with Crippen molar-refractivity contribution < 1.29 is 17.9 Å². The standard InChI is InChI=1S/C12H13N3O4S2/c1-8(9-3-5-13-6-4-9)15-21(17,18)12-10(11(16)19-2)14-7-20-12/h3-8,15H,1-2H3/t8-/m1/s1. The number of sulfonamides is 1. The van der Waals surface area contributed by atoms with E-state index in [2.05, 4.69) is 19.4 Å². The predicted octanol–water partition coefficient (Wildman–Crippen LogP) is 1.36. The normalized spacial score (nSPS) is 12.9. The highest BCUT2D eigenvalue weighted by Gasteiger charge is 2.28. The van der Waals surface area contributed by atoms with Gasteiger partial charge in [0.2, 0.25) is 0 Å². The highest BCUT2D eigenvalue weighted by atomic mass is 32.2. The van der Waals surface area contributed by atoms with Crippen LogP contribution in [0.5, 0.6) is 0 Å². The van der Waals surface area contributed by atoms with Crippen molar-refractivity contribution in [1.29, 1.82) is 0 Å². The van der Waals surface area contributed by atoms with Gasteiger partial charge in [-0.15, -0.1) is 11.3 Å². The van der Waals surface area contributed by atoms with Crippen LogP contribution in [0, 0.1) is 0 Å². The minimum Gasteiger partial charge on any atom is -0.464 e. The number of carbonyl (C=O) groups is 1. The molecule has 0 aliphatic carbocycles. The SMILES string of the molecule is COC(=O)c1ncsc1S(=O)(=O)N[C@H](C)c1ccncc1. The number of esters is 1. The fraction of sp³-hybridized carbons (Fsp3) is 0.250. The number of nitrogens with zero attached hydrogens (tertiary/aromatic N) is 2.